The molecule has 1 saturated heterocycles. The van der Waals surface area contributed by atoms with Gasteiger partial charge in [0, 0.05) is 24.9 Å². The van der Waals surface area contributed by atoms with Gasteiger partial charge in [0.05, 0.1) is 0 Å². The summed E-state index contributed by atoms with van der Waals surface area (Å²) in [5.41, 5.74) is -0.739. The summed E-state index contributed by atoms with van der Waals surface area (Å²) in [6, 6.07) is 0.115. The van der Waals surface area contributed by atoms with E-state index >= 15 is 0 Å². The van der Waals surface area contributed by atoms with E-state index in [-0.39, 0.29) is 17.8 Å². The smallest absolute Gasteiger partial charge is 0.410 e. The molecule has 1 N–H and O–H groups in total. The fraction of sp³-hybridized carbons (Fsp3) is 0.643. The van der Waals surface area contributed by atoms with Crippen LogP contribution in [-0.2, 0) is 11.3 Å². The normalized spacial score (nSPS) is 18.0. The van der Waals surface area contributed by atoms with Crippen LogP contribution >= 0.6 is 11.8 Å². The van der Waals surface area contributed by atoms with E-state index in [4.69, 9.17) is 4.74 Å². The molecule has 1 unspecified atom stereocenters. The van der Waals surface area contributed by atoms with Crippen LogP contribution in [0.2, 0.25) is 0 Å². The van der Waals surface area contributed by atoms with Crippen LogP contribution in [0.15, 0.2) is 22.6 Å². The number of aromatic nitrogens is 3. The summed E-state index contributed by atoms with van der Waals surface area (Å²) in [5, 5.41) is 7.04. The number of carbonyl (C=O) groups is 1. The summed E-state index contributed by atoms with van der Waals surface area (Å²) < 4.78 is 6.90. The second-order valence-electron chi connectivity index (χ2n) is 6.14. The molecular formula is C14H22N4O3S. The number of aromatic amines is 1. The number of hydrogen-bond acceptors (Lipinski definition) is 5. The van der Waals surface area contributed by atoms with E-state index in [1.165, 1.54) is 16.3 Å². The fourth-order valence-electron chi connectivity index (χ4n) is 2.05. The second-order valence-corrected chi connectivity index (χ2v) is 7.13. The van der Waals surface area contributed by atoms with E-state index < -0.39 is 5.60 Å². The Kier molecular flexibility index (Phi) is 5.00. The average molecular weight is 326 g/mol. The van der Waals surface area contributed by atoms with Crippen molar-refractivity contribution in [3.63, 3.8) is 0 Å². The Morgan fingerprint density at radius 1 is 1.59 bits per heavy atom. The van der Waals surface area contributed by atoms with Crippen LogP contribution in [0.25, 0.3) is 0 Å². The van der Waals surface area contributed by atoms with Gasteiger partial charge in [0.2, 0.25) is 0 Å². The van der Waals surface area contributed by atoms with Crippen LogP contribution in [0.4, 0.5) is 4.79 Å². The topological polar surface area (TPSA) is 80.2 Å². The monoisotopic (exact) mass is 326 g/mol. The first-order valence-corrected chi connectivity index (χ1v) is 8.19. The van der Waals surface area contributed by atoms with Gasteiger partial charge in [-0.15, -0.1) is 11.7 Å². The third-order valence-electron chi connectivity index (χ3n) is 3.21. The number of allylic oxidation sites excluding steroid dienone is 1. The average Bonchev–Trinajstić information content (AvgIpc) is 2.68. The van der Waals surface area contributed by atoms with E-state index in [9.17, 15) is 9.59 Å². The predicted octanol–water partition coefficient (Wildman–Crippen LogP) is 1.86. The molecule has 0 spiro atoms. The van der Waals surface area contributed by atoms with Crippen molar-refractivity contribution in [3.05, 3.63) is 23.1 Å². The minimum Gasteiger partial charge on any atom is -0.444 e. The molecule has 1 atom stereocenters. The van der Waals surface area contributed by atoms with Gasteiger partial charge in [-0.3, -0.25) is 4.57 Å². The van der Waals surface area contributed by atoms with Crippen LogP contribution in [0.5, 0.6) is 0 Å². The molecule has 0 radical (unpaired) electrons. The van der Waals surface area contributed by atoms with Gasteiger partial charge in [-0.05, 0) is 27.2 Å². The quantitative estimate of drug-likeness (QED) is 0.660. The molecule has 2 rings (SSSR count). The number of thioether (sulfide) groups is 1. The summed E-state index contributed by atoms with van der Waals surface area (Å²) >= 11 is 1.45. The highest BCUT2D eigenvalue weighted by Crippen LogP contribution is 2.26. The summed E-state index contributed by atoms with van der Waals surface area (Å²) in [5.74, 6) is 0.681. The molecule has 1 amide bonds. The first-order chi connectivity index (χ1) is 10.3. The minimum atomic E-state index is -0.489. The van der Waals surface area contributed by atoms with Gasteiger partial charge in [0.1, 0.15) is 5.60 Å². The summed E-state index contributed by atoms with van der Waals surface area (Å²) in [6.07, 6.45) is 2.30. The molecule has 2 heterocycles. The van der Waals surface area contributed by atoms with Crippen molar-refractivity contribution in [1.82, 2.24) is 19.7 Å². The zero-order valence-electron chi connectivity index (χ0n) is 13.2. The van der Waals surface area contributed by atoms with Crippen LogP contribution in [0, 0.1) is 0 Å². The number of nitrogens with zero attached hydrogens (tertiary/aromatic N) is 3. The van der Waals surface area contributed by atoms with Crippen molar-refractivity contribution >= 4 is 17.9 Å². The molecule has 8 heteroatoms. The number of carbonyl (C=O) groups excluding carboxylic acids is 1. The lowest BCUT2D eigenvalue weighted by Crippen LogP contribution is -2.53. The number of rotatable bonds is 5. The number of amides is 1. The Morgan fingerprint density at radius 3 is 2.86 bits per heavy atom. The van der Waals surface area contributed by atoms with Crippen LogP contribution < -0.4 is 5.69 Å². The molecular weight excluding hydrogens is 304 g/mol. The highest BCUT2D eigenvalue weighted by molar-refractivity contribution is 7.99. The predicted molar refractivity (Wildman–Crippen MR) is 85.1 cm³/mol. The van der Waals surface area contributed by atoms with Crippen molar-refractivity contribution < 1.29 is 9.53 Å². The Labute approximate surface area is 133 Å². The highest BCUT2D eigenvalue weighted by Gasteiger charge is 2.35. The Morgan fingerprint density at radius 2 is 2.32 bits per heavy atom. The first-order valence-electron chi connectivity index (χ1n) is 7.20. The maximum absolute atomic E-state index is 12.0. The fourth-order valence-corrected chi connectivity index (χ4v) is 3.16. The second kappa shape index (κ2) is 6.60. The van der Waals surface area contributed by atoms with Gasteiger partial charge in [-0.2, -0.15) is 0 Å². The zero-order chi connectivity index (χ0) is 16.3. The van der Waals surface area contributed by atoms with E-state index in [0.717, 1.165) is 6.42 Å². The maximum atomic E-state index is 12.0. The third-order valence-corrected chi connectivity index (χ3v) is 4.33. The number of hydrogen-bond donors (Lipinski definition) is 1. The van der Waals surface area contributed by atoms with Crippen molar-refractivity contribution in [2.75, 3.05) is 12.3 Å². The van der Waals surface area contributed by atoms with Crippen LogP contribution in [0.3, 0.4) is 0 Å². The van der Waals surface area contributed by atoms with Gasteiger partial charge in [-0.25, -0.2) is 14.7 Å². The lowest BCUT2D eigenvalue weighted by Gasteiger charge is -2.41. The molecule has 22 heavy (non-hydrogen) atoms. The number of nitrogens with one attached hydrogen (secondary N) is 1. The molecule has 7 nitrogen and oxygen atoms in total. The van der Waals surface area contributed by atoms with Crippen LogP contribution in [0.1, 0.15) is 27.2 Å². The van der Waals surface area contributed by atoms with Gasteiger partial charge in [0.15, 0.2) is 5.16 Å². The highest BCUT2D eigenvalue weighted by atomic mass is 32.2. The Balaban J connectivity index is 1.91. The molecule has 1 aromatic rings. The largest absolute Gasteiger partial charge is 0.444 e. The summed E-state index contributed by atoms with van der Waals surface area (Å²) in [7, 11) is 0. The molecule has 0 aromatic carbocycles. The van der Waals surface area contributed by atoms with Gasteiger partial charge in [-0.1, -0.05) is 17.8 Å². The van der Waals surface area contributed by atoms with E-state index in [1.807, 2.05) is 20.8 Å². The molecule has 0 saturated carbocycles. The van der Waals surface area contributed by atoms with E-state index in [1.54, 1.807) is 11.0 Å². The molecule has 1 aromatic heterocycles. The van der Waals surface area contributed by atoms with E-state index in [0.29, 0.717) is 24.0 Å². The standard InChI is InChI=1S/C14H22N4O3S/c1-5-7-18-11(19)15-16-12(18)22-9-10-6-8-17(10)13(20)21-14(2,3)4/h5,10H,1,6-9H2,2-4H3,(H,15,19). The summed E-state index contributed by atoms with van der Waals surface area (Å²) in [4.78, 5) is 25.4. The van der Waals surface area contributed by atoms with Crippen LogP contribution in [-0.4, -0.2) is 49.7 Å². The molecule has 1 aliphatic heterocycles. The third kappa shape index (κ3) is 3.94. The van der Waals surface area contributed by atoms with Crippen molar-refractivity contribution in [2.24, 2.45) is 0 Å². The maximum Gasteiger partial charge on any atom is 0.410 e. The number of ether oxygens (including phenoxy) is 1. The zero-order valence-corrected chi connectivity index (χ0v) is 14.0. The van der Waals surface area contributed by atoms with Gasteiger partial charge < -0.3 is 9.64 Å². The van der Waals surface area contributed by atoms with Crippen molar-refractivity contribution in [3.8, 4) is 0 Å². The number of likely N-dealkylation sites (tertiary alicyclic amines) is 1. The van der Waals surface area contributed by atoms with Gasteiger partial charge in [0.25, 0.3) is 0 Å². The minimum absolute atomic E-state index is 0.115. The van der Waals surface area contributed by atoms with Crippen molar-refractivity contribution in [1.29, 1.82) is 0 Å². The SMILES string of the molecule is C=CCn1c(SCC2CCN2C(=O)OC(C)(C)C)n[nH]c1=O. The molecule has 1 fully saturated rings. The lowest BCUT2D eigenvalue weighted by molar-refractivity contribution is -0.000939. The molecule has 1 aliphatic rings. The Bertz CT molecular complexity index is 602. The first kappa shape index (κ1) is 16.7. The molecule has 0 bridgehead atoms. The van der Waals surface area contributed by atoms with Gasteiger partial charge >= 0.3 is 11.8 Å². The lowest BCUT2D eigenvalue weighted by atomic mass is 10.1. The summed E-state index contributed by atoms with van der Waals surface area (Å²) in [6.45, 7) is 10.3. The Hall–Kier alpha value is -1.70. The number of H-pyrrole nitrogens is 1. The van der Waals surface area contributed by atoms with E-state index in [2.05, 4.69) is 16.8 Å². The molecule has 122 valence electrons. The van der Waals surface area contributed by atoms with Crippen molar-refractivity contribution in [2.45, 2.75) is 50.5 Å². The molecule has 0 aliphatic carbocycles.